The summed E-state index contributed by atoms with van der Waals surface area (Å²) in [6.07, 6.45) is 7.48. The van der Waals surface area contributed by atoms with Crippen molar-refractivity contribution in [3.63, 3.8) is 0 Å². The van der Waals surface area contributed by atoms with E-state index in [9.17, 15) is 4.79 Å². The zero-order valence-electron chi connectivity index (χ0n) is 17.4. The fourth-order valence-corrected chi connectivity index (χ4v) is 4.26. The van der Waals surface area contributed by atoms with Crippen molar-refractivity contribution in [3.05, 3.63) is 52.9 Å². The van der Waals surface area contributed by atoms with E-state index in [0.717, 1.165) is 75.4 Å². The Labute approximate surface area is 172 Å². The van der Waals surface area contributed by atoms with Crippen molar-refractivity contribution >= 4 is 12.0 Å². The first-order valence-electron chi connectivity index (χ1n) is 10.6. The molecule has 6 nitrogen and oxygen atoms in total. The van der Waals surface area contributed by atoms with Crippen LogP contribution >= 0.6 is 0 Å². The van der Waals surface area contributed by atoms with Crippen molar-refractivity contribution in [2.75, 3.05) is 33.3 Å². The lowest BCUT2D eigenvalue weighted by atomic mass is 10.0. The van der Waals surface area contributed by atoms with Crippen molar-refractivity contribution in [1.29, 1.82) is 0 Å². The Morgan fingerprint density at radius 1 is 1.17 bits per heavy atom. The fraction of sp³-hybridized carbons (Fsp3) is 0.478. The monoisotopic (exact) mass is 394 g/mol. The number of methoxy groups -OCH3 is 1. The third kappa shape index (κ3) is 4.22. The van der Waals surface area contributed by atoms with E-state index in [4.69, 9.17) is 9.84 Å². The highest BCUT2D eigenvalue weighted by molar-refractivity contribution is 5.94. The topological polar surface area (TPSA) is 50.6 Å². The Morgan fingerprint density at radius 3 is 2.62 bits per heavy atom. The maximum atomic E-state index is 13.0. The molecule has 29 heavy (non-hydrogen) atoms. The maximum absolute atomic E-state index is 13.0. The molecule has 2 aliphatic heterocycles. The van der Waals surface area contributed by atoms with Crippen LogP contribution < -0.4 is 4.74 Å². The molecule has 1 fully saturated rings. The van der Waals surface area contributed by atoms with Gasteiger partial charge >= 0.3 is 0 Å². The number of hydrogen-bond acceptors (Lipinski definition) is 4. The molecule has 0 radical (unpaired) electrons. The molecule has 1 aromatic heterocycles. The number of aromatic nitrogens is 2. The lowest BCUT2D eigenvalue weighted by Gasteiger charge is -2.27. The summed E-state index contributed by atoms with van der Waals surface area (Å²) in [6, 6.07) is 8.06. The van der Waals surface area contributed by atoms with Crippen LogP contribution in [0, 0.1) is 0 Å². The lowest BCUT2D eigenvalue weighted by molar-refractivity contribution is 0.0784. The highest BCUT2D eigenvalue weighted by atomic mass is 16.5. The van der Waals surface area contributed by atoms with E-state index in [1.54, 1.807) is 7.11 Å². The molecule has 154 valence electrons. The Hall–Kier alpha value is -2.60. The molecule has 0 unspecified atom stereocenters. The number of hydrogen-bond donors (Lipinski definition) is 0. The van der Waals surface area contributed by atoms with Gasteiger partial charge in [0.15, 0.2) is 5.69 Å². The summed E-state index contributed by atoms with van der Waals surface area (Å²) < 4.78 is 7.24. The standard InChI is InChI=1S/C23H30N4O2/c1-3-27-21-12-16-25(13-6-7-18-8-10-19(29-2)11-9-18)17-20(21)22(24-27)23(28)26-14-4-5-15-26/h6-11H,3-5,12-17H2,1-2H3/b7-6+. The molecule has 2 aromatic rings. The van der Waals surface area contributed by atoms with Crippen LogP contribution in [-0.2, 0) is 19.5 Å². The molecule has 0 spiro atoms. The first kappa shape index (κ1) is 19.7. The van der Waals surface area contributed by atoms with Gasteiger partial charge in [-0.2, -0.15) is 5.10 Å². The van der Waals surface area contributed by atoms with Crippen LogP contribution in [0.3, 0.4) is 0 Å². The average Bonchev–Trinajstić information content (AvgIpc) is 3.42. The molecule has 1 aromatic carbocycles. The number of aryl methyl sites for hydroxylation is 1. The SMILES string of the molecule is CCn1nc(C(=O)N2CCCC2)c2c1CCN(C/C=C/c1ccc(OC)cc1)C2. The van der Waals surface area contributed by atoms with Crippen LogP contribution in [0.15, 0.2) is 30.3 Å². The maximum Gasteiger partial charge on any atom is 0.274 e. The number of ether oxygens (including phenoxy) is 1. The first-order valence-corrected chi connectivity index (χ1v) is 10.6. The summed E-state index contributed by atoms with van der Waals surface area (Å²) in [6.45, 7) is 7.27. The number of carbonyl (C=O) groups excluding carboxylic acids is 1. The molecular formula is C23H30N4O2. The zero-order valence-corrected chi connectivity index (χ0v) is 17.4. The largest absolute Gasteiger partial charge is 0.497 e. The second kappa shape index (κ2) is 8.82. The average molecular weight is 395 g/mol. The third-order valence-corrected chi connectivity index (χ3v) is 5.90. The normalized spacial score (nSPS) is 17.1. The van der Waals surface area contributed by atoms with Gasteiger partial charge < -0.3 is 9.64 Å². The summed E-state index contributed by atoms with van der Waals surface area (Å²) in [4.78, 5) is 17.4. The summed E-state index contributed by atoms with van der Waals surface area (Å²) in [5.41, 5.74) is 4.21. The first-order chi connectivity index (χ1) is 14.2. The van der Waals surface area contributed by atoms with Crippen LogP contribution in [-0.4, -0.2) is 58.8 Å². The van der Waals surface area contributed by atoms with E-state index in [1.807, 2.05) is 21.7 Å². The van der Waals surface area contributed by atoms with Crippen LogP contribution in [0.2, 0.25) is 0 Å². The molecule has 0 saturated carbocycles. The lowest BCUT2D eigenvalue weighted by Crippen LogP contribution is -2.33. The van der Waals surface area contributed by atoms with E-state index in [-0.39, 0.29) is 5.91 Å². The van der Waals surface area contributed by atoms with E-state index in [1.165, 1.54) is 5.69 Å². The van der Waals surface area contributed by atoms with Crippen LogP contribution in [0.25, 0.3) is 6.08 Å². The number of amides is 1. The third-order valence-electron chi connectivity index (χ3n) is 5.90. The Balaban J connectivity index is 1.46. The highest BCUT2D eigenvalue weighted by Crippen LogP contribution is 2.25. The predicted molar refractivity (Wildman–Crippen MR) is 114 cm³/mol. The summed E-state index contributed by atoms with van der Waals surface area (Å²) in [5.74, 6) is 0.982. The molecule has 1 saturated heterocycles. The summed E-state index contributed by atoms with van der Waals surface area (Å²) >= 11 is 0. The van der Waals surface area contributed by atoms with Crippen molar-refractivity contribution in [3.8, 4) is 5.75 Å². The minimum Gasteiger partial charge on any atom is -0.497 e. The Morgan fingerprint density at radius 2 is 1.93 bits per heavy atom. The van der Waals surface area contributed by atoms with Crippen molar-refractivity contribution < 1.29 is 9.53 Å². The van der Waals surface area contributed by atoms with Crippen molar-refractivity contribution in [1.82, 2.24) is 19.6 Å². The summed E-state index contributed by atoms with van der Waals surface area (Å²) in [7, 11) is 1.68. The van der Waals surface area contributed by atoms with Crippen LogP contribution in [0.4, 0.5) is 0 Å². The second-order valence-electron chi connectivity index (χ2n) is 7.75. The van der Waals surface area contributed by atoms with Gasteiger partial charge in [0, 0.05) is 56.9 Å². The molecule has 4 rings (SSSR count). The fourth-order valence-electron chi connectivity index (χ4n) is 4.26. The van der Waals surface area contributed by atoms with Gasteiger partial charge in [-0.05, 0) is 37.5 Å². The number of rotatable bonds is 6. The number of benzene rings is 1. The van der Waals surface area contributed by atoms with E-state index in [0.29, 0.717) is 5.69 Å². The molecule has 2 aliphatic rings. The molecule has 0 N–H and O–H groups in total. The van der Waals surface area contributed by atoms with E-state index in [2.05, 4.69) is 36.1 Å². The van der Waals surface area contributed by atoms with Gasteiger partial charge in [-0.25, -0.2) is 0 Å². The molecule has 0 atom stereocenters. The highest BCUT2D eigenvalue weighted by Gasteiger charge is 2.30. The number of nitrogens with zero attached hydrogens (tertiary/aromatic N) is 4. The quantitative estimate of drug-likeness (QED) is 0.755. The molecule has 0 aliphatic carbocycles. The van der Waals surface area contributed by atoms with Crippen molar-refractivity contribution in [2.45, 2.75) is 39.3 Å². The Kier molecular flexibility index (Phi) is 6.00. The van der Waals surface area contributed by atoms with Gasteiger partial charge in [0.05, 0.1) is 7.11 Å². The number of likely N-dealkylation sites (tertiary alicyclic amines) is 1. The Bertz CT molecular complexity index is 879. The summed E-state index contributed by atoms with van der Waals surface area (Å²) in [5, 5.41) is 4.70. The van der Waals surface area contributed by atoms with E-state index < -0.39 is 0 Å². The number of carbonyl (C=O) groups is 1. The zero-order chi connectivity index (χ0) is 20.2. The van der Waals surface area contributed by atoms with Gasteiger partial charge in [-0.1, -0.05) is 24.3 Å². The van der Waals surface area contributed by atoms with Crippen LogP contribution in [0.1, 0.15) is 47.1 Å². The van der Waals surface area contributed by atoms with Gasteiger partial charge in [0.1, 0.15) is 5.75 Å². The molecule has 1 amide bonds. The van der Waals surface area contributed by atoms with Gasteiger partial charge in [0.2, 0.25) is 0 Å². The molecular weight excluding hydrogens is 364 g/mol. The van der Waals surface area contributed by atoms with Gasteiger partial charge in [-0.3, -0.25) is 14.4 Å². The number of fused-ring (bicyclic) bond motifs is 1. The predicted octanol–water partition coefficient (Wildman–Crippen LogP) is 3.22. The van der Waals surface area contributed by atoms with Crippen LogP contribution in [0.5, 0.6) is 5.75 Å². The molecule has 0 bridgehead atoms. The molecule has 3 heterocycles. The minimum atomic E-state index is 0.113. The van der Waals surface area contributed by atoms with Gasteiger partial charge in [-0.15, -0.1) is 0 Å². The van der Waals surface area contributed by atoms with Gasteiger partial charge in [0.25, 0.3) is 5.91 Å². The van der Waals surface area contributed by atoms with E-state index >= 15 is 0 Å². The second-order valence-corrected chi connectivity index (χ2v) is 7.75. The smallest absolute Gasteiger partial charge is 0.274 e. The molecule has 6 heteroatoms. The minimum absolute atomic E-state index is 0.113. The van der Waals surface area contributed by atoms with Crippen molar-refractivity contribution in [2.24, 2.45) is 0 Å².